The van der Waals surface area contributed by atoms with Crippen LogP contribution in [0, 0.1) is 5.92 Å². The van der Waals surface area contributed by atoms with Gasteiger partial charge >= 0.3 is 0 Å². The molecule has 1 saturated carbocycles. The lowest BCUT2D eigenvalue weighted by molar-refractivity contribution is -0.132. The molecule has 1 aliphatic carbocycles. The van der Waals surface area contributed by atoms with Gasteiger partial charge in [-0.25, -0.2) is 0 Å². The van der Waals surface area contributed by atoms with Crippen LogP contribution in [0.15, 0.2) is 42.5 Å². The first kappa shape index (κ1) is 18.4. The van der Waals surface area contributed by atoms with Gasteiger partial charge in [-0.2, -0.15) is 0 Å². The van der Waals surface area contributed by atoms with E-state index in [0.29, 0.717) is 5.56 Å². The lowest BCUT2D eigenvalue weighted by Crippen LogP contribution is -2.54. The molecule has 0 radical (unpaired) electrons. The van der Waals surface area contributed by atoms with E-state index in [4.69, 9.17) is 5.73 Å². The van der Waals surface area contributed by atoms with Gasteiger partial charge in [-0.3, -0.25) is 20.4 Å². The average molecular weight is 355 g/mol. The molecule has 0 saturated heterocycles. The number of benzene rings is 2. The molecule has 6 nitrogen and oxygen atoms in total. The fourth-order valence-electron chi connectivity index (χ4n) is 3.55. The summed E-state index contributed by atoms with van der Waals surface area (Å²) in [6.07, 6.45) is 3.84. The predicted octanol–water partition coefficient (Wildman–Crippen LogP) is 1.87. The van der Waals surface area contributed by atoms with E-state index in [0.717, 1.165) is 36.5 Å². The van der Waals surface area contributed by atoms with Crippen molar-refractivity contribution in [1.29, 1.82) is 0 Å². The van der Waals surface area contributed by atoms with Crippen LogP contribution in [0.1, 0.15) is 42.5 Å². The third kappa shape index (κ3) is 4.20. The second-order valence-corrected chi connectivity index (χ2v) is 6.93. The summed E-state index contributed by atoms with van der Waals surface area (Å²) in [6.45, 7) is 0. The van der Waals surface area contributed by atoms with Gasteiger partial charge in [-0.15, -0.1) is 0 Å². The van der Waals surface area contributed by atoms with Gasteiger partial charge < -0.3 is 10.8 Å². The average Bonchev–Trinajstić information content (AvgIpc) is 2.70. The van der Waals surface area contributed by atoms with Gasteiger partial charge in [-0.1, -0.05) is 49.6 Å². The second-order valence-electron chi connectivity index (χ2n) is 6.93. The minimum Gasteiger partial charge on any atom is -0.382 e. The highest BCUT2D eigenvalue weighted by atomic mass is 16.3. The Balaban J connectivity index is 1.56. The molecule has 2 atom stereocenters. The molecule has 0 spiro atoms. The summed E-state index contributed by atoms with van der Waals surface area (Å²) in [5.41, 5.74) is 11.1. The Morgan fingerprint density at radius 1 is 1.00 bits per heavy atom. The number of amides is 2. The molecule has 0 aromatic heterocycles. The molecule has 1 unspecified atom stereocenters. The molecule has 0 bridgehead atoms. The maximum atomic E-state index is 12.2. The quantitative estimate of drug-likeness (QED) is 0.629. The zero-order chi connectivity index (χ0) is 18.5. The number of fused-ring (bicyclic) bond motifs is 1. The Labute approximate surface area is 152 Å². The topological polar surface area (TPSA) is 104 Å². The number of aliphatic hydroxyl groups excluding tert-OH is 1. The molecule has 2 amide bonds. The Bertz CT molecular complexity index is 787. The normalized spacial score (nSPS) is 17.5. The first-order chi connectivity index (χ1) is 12.6. The molecule has 1 aliphatic rings. The SMILES string of the molecule is N[C@H](C1CCCCC1)C(O)C(=O)NNC(=O)c1ccc2ccccc2c1. The third-order valence-corrected chi connectivity index (χ3v) is 5.14. The van der Waals surface area contributed by atoms with Crippen molar-refractivity contribution in [3.05, 3.63) is 48.0 Å². The van der Waals surface area contributed by atoms with Crippen LogP contribution in [0.2, 0.25) is 0 Å². The van der Waals surface area contributed by atoms with Crippen LogP contribution in [0.5, 0.6) is 0 Å². The van der Waals surface area contributed by atoms with Gasteiger partial charge in [0.25, 0.3) is 11.8 Å². The Morgan fingerprint density at radius 3 is 2.42 bits per heavy atom. The van der Waals surface area contributed by atoms with Crippen molar-refractivity contribution in [3.63, 3.8) is 0 Å². The van der Waals surface area contributed by atoms with E-state index in [2.05, 4.69) is 10.9 Å². The summed E-state index contributed by atoms with van der Waals surface area (Å²) in [4.78, 5) is 24.4. The summed E-state index contributed by atoms with van der Waals surface area (Å²) in [6, 6.07) is 12.4. The van der Waals surface area contributed by atoms with E-state index in [1.807, 2.05) is 30.3 Å². The zero-order valence-corrected chi connectivity index (χ0v) is 14.7. The highest BCUT2D eigenvalue weighted by molar-refractivity contribution is 5.99. The van der Waals surface area contributed by atoms with Gasteiger partial charge in [0.2, 0.25) is 0 Å². The standard InChI is InChI=1S/C20H25N3O3/c21-17(14-7-2-1-3-8-14)18(24)20(26)23-22-19(25)16-11-10-13-6-4-5-9-15(13)12-16/h4-6,9-12,14,17-18,24H,1-3,7-8,21H2,(H,22,25)(H,23,26)/t17-,18?/m1/s1. The number of nitrogens with two attached hydrogens (primary N) is 1. The van der Waals surface area contributed by atoms with Crippen molar-refractivity contribution in [1.82, 2.24) is 10.9 Å². The largest absolute Gasteiger partial charge is 0.382 e. The van der Waals surface area contributed by atoms with Crippen LogP contribution in [-0.4, -0.2) is 29.1 Å². The van der Waals surface area contributed by atoms with E-state index in [-0.39, 0.29) is 5.92 Å². The molecule has 6 heteroatoms. The highest BCUT2D eigenvalue weighted by Gasteiger charge is 2.31. The van der Waals surface area contributed by atoms with Gasteiger partial charge in [0.1, 0.15) is 6.10 Å². The molecule has 3 rings (SSSR count). The van der Waals surface area contributed by atoms with Gasteiger partial charge in [0.15, 0.2) is 0 Å². The summed E-state index contributed by atoms with van der Waals surface area (Å²) >= 11 is 0. The van der Waals surface area contributed by atoms with E-state index < -0.39 is 24.0 Å². The molecule has 2 aromatic rings. The predicted molar refractivity (Wildman–Crippen MR) is 100 cm³/mol. The molecule has 1 fully saturated rings. The van der Waals surface area contributed by atoms with Crippen LogP contribution in [0.4, 0.5) is 0 Å². The van der Waals surface area contributed by atoms with E-state index in [9.17, 15) is 14.7 Å². The molecule has 138 valence electrons. The number of rotatable bonds is 4. The number of hydrazine groups is 1. The molecule has 26 heavy (non-hydrogen) atoms. The van der Waals surface area contributed by atoms with Crippen LogP contribution in [-0.2, 0) is 4.79 Å². The Hall–Kier alpha value is -2.44. The van der Waals surface area contributed by atoms with Crippen LogP contribution in [0.3, 0.4) is 0 Å². The number of aliphatic hydroxyl groups is 1. The van der Waals surface area contributed by atoms with Gasteiger partial charge in [0, 0.05) is 11.6 Å². The van der Waals surface area contributed by atoms with Crippen molar-refractivity contribution in [2.24, 2.45) is 11.7 Å². The smallest absolute Gasteiger partial charge is 0.269 e. The number of nitrogens with one attached hydrogen (secondary N) is 2. The molecule has 2 aromatic carbocycles. The minimum atomic E-state index is -1.34. The fraction of sp³-hybridized carbons (Fsp3) is 0.400. The van der Waals surface area contributed by atoms with Gasteiger partial charge in [0.05, 0.1) is 0 Å². The summed E-state index contributed by atoms with van der Waals surface area (Å²) in [5.74, 6) is -0.986. The van der Waals surface area contributed by atoms with Crippen molar-refractivity contribution in [3.8, 4) is 0 Å². The number of hydrogen-bond donors (Lipinski definition) is 4. The van der Waals surface area contributed by atoms with Crippen molar-refractivity contribution >= 4 is 22.6 Å². The Morgan fingerprint density at radius 2 is 1.69 bits per heavy atom. The van der Waals surface area contributed by atoms with Crippen molar-refractivity contribution < 1.29 is 14.7 Å². The minimum absolute atomic E-state index is 0.140. The first-order valence-corrected chi connectivity index (χ1v) is 9.09. The number of hydrogen-bond acceptors (Lipinski definition) is 4. The van der Waals surface area contributed by atoms with Crippen LogP contribution < -0.4 is 16.6 Å². The van der Waals surface area contributed by atoms with Crippen LogP contribution >= 0.6 is 0 Å². The number of carbonyl (C=O) groups excluding carboxylic acids is 2. The van der Waals surface area contributed by atoms with Crippen LogP contribution in [0.25, 0.3) is 10.8 Å². The maximum absolute atomic E-state index is 12.2. The highest BCUT2D eigenvalue weighted by Crippen LogP contribution is 2.26. The summed E-state index contributed by atoms with van der Waals surface area (Å²) in [7, 11) is 0. The Kier molecular flexibility index (Phi) is 5.85. The van der Waals surface area contributed by atoms with E-state index in [1.165, 1.54) is 6.42 Å². The van der Waals surface area contributed by atoms with Crippen molar-refractivity contribution in [2.45, 2.75) is 44.2 Å². The summed E-state index contributed by atoms with van der Waals surface area (Å²) in [5, 5.41) is 12.1. The van der Waals surface area contributed by atoms with E-state index >= 15 is 0 Å². The monoisotopic (exact) mass is 355 g/mol. The second kappa shape index (κ2) is 8.29. The number of carbonyl (C=O) groups is 2. The van der Waals surface area contributed by atoms with E-state index in [1.54, 1.807) is 12.1 Å². The molecule has 5 N–H and O–H groups in total. The first-order valence-electron chi connectivity index (χ1n) is 9.09. The molecule has 0 heterocycles. The van der Waals surface area contributed by atoms with Crippen molar-refractivity contribution in [2.75, 3.05) is 0 Å². The lowest BCUT2D eigenvalue weighted by atomic mass is 9.82. The molecule has 0 aliphatic heterocycles. The molecular formula is C20H25N3O3. The maximum Gasteiger partial charge on any atom is 0.269 e. The lowest BCUT2D eigenvalue weighted by Gasteiger charge is -2.30. The molecular weight excluding hydrogens is 330 g/mol. The fourth-order valence-corrected chi connectivity index (χ4v) is 3.55. The summed E-state index contributed by atoms with van der Waals surface area (Å²) < 4.78 is 0. The zero-order valence-electron chi connectivity index (χ0n) is 14.7. The van der Waals surface area contributed by atoms with Gasteiger partial charge in [-0.05, 0) is 41.7 Å². The third-order valence-electron chi connectivity index (χ3n) is 5.14.